The molecule has 0 saturated heterocycles. The maximum atomic E-state index is 12.5. The predicted molar refractivity (Wildman–Crippen MR) is 138 cm³/mol. The van der Waals surface area contributed by atoms with Crippen molar-refractivity contribution in [1.29, 1.82) is 0 Å². The van der Waals surface area contributed by atoms with E-state index >= 15 is 0 Å². The summed E-state index contributed by atoms with van der Waals surface area (Å²) < 4.78 is 0. The Morgan fingerprint density at radius 3 is 2.35 bits per heavy atom. The van der Waals surface area contributed by atoms with Crippen LogP contribution in [0.15, 0.2) is 42.5 Å². The minimum absolute atomic E-state index is 0.0378. The molecule has 0 aromatic heterocycles. The molecule has 182 valence electrons. The summed E-state index contributed by atoms with van der Waals surface area (Å²) >= 11 is 6.05. The third kappa shape index (κ3) is 6.19. The number of nitrogens with one attached hydrogen (secondary N) is 2. The second kappa shape index (κ2) is 10.9. The number of fused-ring (bicyclic) bond motifs is 1. The zero-order valence-corrected chi connectivity index (χ0v) is 21.1. The minimum Gasteiger partial charge on any atom is -0.353 e. The first-order chi connectivity index (χ1) is 16.3. The van der Waals surface area contributed by atoms with Crippen LogP contribution in [0.25, 0.3) is 0 Å². The first kappa shape index (κ1) is 24.7. The highest BCUT2D eigenvalue weighted by Crippen LogP contribution is 2.35. The van der Waals surface area contributed by atoms with Crippen LogP contribution in [0.5, 0.6) is 0 Å². The molecule has 1 fully saturated rings. The lowest BCUT2D eigenvalue weighted by molar-refractivity contribution is -0.125. The van der Waals surface area contributed by atoms with E-state index in [1.54, 1.807) is 0 Å². The lowest BCUT2D eigenvalue weighted by atomic mass is 9.75. The monoisotopic (exact) mass is 481 g/mol. The van der Waals surface area contributed by atoms with Crippen molar-refractivity contribution in [2.45, 2.75) is 75.8 Å². The first-order valence-electron chi connectivity index (χ1n) is 12.5. The van der Waals surface area contributed by atoms with E-state index in [2.05, 4.69) is 53.9 Å². The lowest BCUT2D eigenvalue weighted by Gasteiger charge is -2.45. The van der Waals surface area contributed by atoms with Gasteiger partial charge in [0.2, 0.25) is 11.8 Å². The molecular weight excluding hydrogens is 446 g/mol. The number of carbonyl (C=O) groups excluding carboxylic acids is 2. The molecule has 5 nitrogen and oxygen atoms in total. The summed E-state index contributed by atoms with van der Waals surface area (Å²) in [7, 11) is 4.29. The number of likely N-dealkylation sites (N-methyl/N-ethyl adjacent to an activating group) is 1. The van der Waals surface area contributed by atoms with Gasteiger partial charge in [0.1, 0.15) is 0 Å². The molecule has 2 amide bonds. The summed E-state index contributed by atoms with van der Waals surface area (Å²) in [5.74, 6) is -0.143. The van der Waals surface area contributed by atoms with Gasteiger partial charge in [-0.3, -0.25) is 9.59 Å². The Morgan fingerprint density at radius 2 is 1.65 bits per heavy atom. The molecule has 0 aliphatic heterocycles. The van der Waals surface area contributed by atoms with Gasteiger partial charge in [-0.15, -0.1) is 0 Å². The number of rotatable bonds is 8. The summed E-state index contributed by atoms with van der Waals surface area (Å²) in [6.07, 6.45) is 8.71. The van der Waals surface area contributed by atoms with Crippen molar-refractivity contribution in [1.82, 2.24) is 10.2 Å². The highest BCUT2D eigenvalue weighted by molar-refractivity contribution is 6.30. The molecule has 34 heavy (non-hydrogen) atoms. The molecule has 6 heteroatoms. The highest BCUT2D eigenvalue weighted by Gasteiger charge is 2.37. The maximum absolute atomic E-state index is 12.5. The maximum Gasteiger partial charge on any atom is 0.224 e. The zero-order chi connectivity index (χ0) is 24.1. The van der Waals surface area contributed by atoms with E-state index in [9.17, 15) is 9.59 Å². The van der Waals surface area contributed by atoms with E-state index < -0.39 is 0 Å². The molecular formula is C28H36ClN3O2. The predicted octanol–water partition coefficient (Wildman–Crippen LogP) is 5.15. The molecule has 2 aliphatic rings. The van der Waals surface area contributed by atoms with Crippen molar-refractivity contribution in [2.24, 2.45) is 0 Å². The number of nitrogens with zero attached hydrogens (tertiary/aromatic N) is 1. The molecule has 0 radical (unpaired) electrons. The molecule has 0 bridgehead atoms. The summed E-state index contributed by atoms with van der Waals surface area (Å²) in [5.41, 5.74) is 4.92. The van der Waals surface area contributed by atoms with Crippen LogP contribution in [0.1, 0.15) is 61.6 Å². The SMILES string of the molecule is CN(C)C1(Cc2ccc(Cl)cc2)CCC(NC(=O)CCC(=O)Nc2ccc3c(c2)CCC3)CC1. The van der Waals surface area contributed by atoms with Gasteiger partial charge in [-0.2, -0.15) is 0 Å². The van der Waals surface area contributed by atoms with Gasteiger partial charge >= 0.3 is 0 Å². The van der Waals surface area contributed by atoms with Crippen LogP contribution in [0.4, 0.5) is 5.69 Å². The summed E-state index contributed by atoms with van der Waals surface area (Å²) in [5, 5.41) is 6.87. The molecule has 1 saturated carbocycles. The van der Waals surface area contributed by atoms with Crippen LogP contribution in [0, 0.1) is 0 Å². The van der Waals surface area contributed by atoms with Crippen LogP contribution in [0.2, 0.25) is 5.02 Å². The Kier molecular flexibility index (Phi) is 7.95. The number of amides is 2. The van der Waals surface area contributed by atoms with E-state index in [4.69, 9.17) is 11.6 Å². The van der Waals surface area contributed by atoms with Gasteiger partial charge < -0.3 is 15.5 Å². The number of hydrogen-bond acceptors (Lipinski definition) is 3. The van der Waals surface area contributed by atoms with E-state index in [0.717, 1.165) is 55.7 Å². The normalized spacial score (nSPS) is 21.8. The van der Waals surface area contributed by atoms with Crippen molar-refractivity contribution >= 4 is 29.1 Å². The first-order valence-corrected chi connectivity index (χ1v) is 12.8. The molecule has 2 aromatic rings. The Bertz CT molecular complexity index is 1010. The van der Waals surface area contributed by atoms with E-state index in [1.165, 1.54) is 23.1 Å². The summed E-state index contributed by atoms with van der Waals surface area (Å²) in [6, 6.07) is 14.4. The largest absolute Gasteiger partial charge is 0.353 e. The van der Waals surface area contributed by atoms with Crippen molar-refractivity contribution in [3.63, 3.8) is 0 Å². The van der Waals surface area contributed by atoms with E-state index in [0.29, 0.717) is 0 Å². The van der Waals surface area contributed by atoms with Crippen molar-refractivity contribution < 1.29 is 9.59 Å². The van der Waals surface area contributed by atoms with Crippen molar-refractivity contribution in [2.75, 3.05) is 19.4 Å². The van der Waals surface area contributed by atoms with Crippen LogP contribution >= 0.6 is 11.6 Å². The fourth-order valence-electron chi connectivity index (χ4n) is 5.46. The van der Waals surface area contributed by atoms with Gasteiger partial charge in [0.15, 0.2) is 0 Å². The van der Waals surface area contributed by atoms with Crippen LogP contribution in [0.3, 0.4) is 0 Å². The number of halogens is 1. The molecule has 2 N–H and O–H groups in total. The number of carbonyl (C=O) groups is 2. The minimum atomic E-state index is -0.105. The molecule has 0 heterocycles. The Hall–Kier alpha value is -2.37. The molecule has 2 aromatic carbocycles. The summed E-state index contributed by atoms with van der Waals surface area (Å²) in [4.78, 5) is 27.2. The summed E-state index contributed by atoms with van der Waals surface area (Å²) in [6.45, 7) is 0. The number of hydrogen-bond donors (Lipinski definition) is 2. The number of aryl methyl sites for hydroxylation is 2. The van der Waals surface area contributed by atoms with Gasteiger partial charge in [0.05, 0.1) is 0 Å². The third-order valence-corrected chi connectivity index (χ3v) is 7.89. The standard InChI is InChI=1S/C28H36ClN3O2/c1-32(2)28(19-20-6-9-23(29)10-7-20)16-14-24(15-17-28)30-26(33)12-13-27(34)31-25-11-8-21-4-3-5-22(21)18-25/h6-11,18,24H,3-5,12-17,19H2,1-2H3,(H,30,33)(H,31,34). The fraction of sp³-hybridized carbons (Fsp3) is 0.500. The number of benzene rings is 2. The Balaban J connectivity index is 1.22. The quantitative estimate of drug-likeness (QED) is 0.548. The van der Waals surface area contributed by atoms with Crippen LogP contribution in [-0.4, -0.2) is 42.4 Å². The third-order valence-electron chi connectivity index (χ3n) is 7.64. The molecule has 0 unspecified atom stereocenters. The van der Waals surface area contributed by atoms with Crippen LogP contribution < -0.4 is 10.6 Å². The molecule has 4 rings (SSSR count). The lowest BCUT2D eigenvalue weighted by Crippen LogP contribution is -2.52. The van der Waals surface area contributed by atoms with Gasteiger partial charge in [-0.25, -0.2) is 0 Å². The molecule has 2 aliphatic carbocycles. The van der Waals surface area contributed by atoms with Crippen molar-refractivity contribution in [3.8, 4) is 0 Å². The molecule has 0 spiro atoms. The van der Waals surface area contributed by atoms with Crippen LogP contribution in [-0.2, 0) is 28.9 Å². The van der Waals surface area contributed by atoms with Gasteiger partial charge in [0.25, 0.3) is 0 Å². The molecule has 0 atom stereocenters. The average Bonchev–Trinajstić information content (AvgIpc) is 3.28. The van der Waals surface area contributed by atoms with Gasteiger partial charge in [0, 0.05) is 35.1 Å². The van der Waals surface area contributed by atoms with Gasteiger partial charge in [-0.05, 0) is 106 Å². The number of anilines is 1. The Morgan fingerprint density at radius 1 is 0.971 bits per heavy atom. The van der Waals surface area contributed by atoms with Crippen molar-refractivity contribution in [3.05, 3.63) is 64.2 Å². The second-order valence-corrected chi connectivity index (χ2v) is 10.6. The van der Waals surface area contributed by atoms with Gasteiger partial charge in [-0.1, -0.05) is 29.8 Å². The zero-order valence-electron chi connectivity index (χ0n) is 20.3. The second-order valence-electron chi connectivity index (χ2n) is 10.1. The highest BCUT2D eigenvalue weighted by atomic mass is 35.5. The van der Waals surface area contributed by atoms with E-state index in [1.807, 2.05) is 18.2 Å². The average molecular weight is 482 g/mol. The Labute approximate surface area is 208 Å². The van der Waals surface area contributed by atoms with E-state index in [-0.39, 0.29) is 36.2 Å². The topological polar surface area (TPSA) is 61.4 Å². The smallest absolute Gasteiger partial charge is 0.224 e. The fourth-order valence-corrected chi connectivity index (χ4v) is 5.59.